The zero-order chi connectivity index (χ0) is 22.3. The minimum absolute atomic E-state index is 0.194. The molecule has 0 aliphatic carbocycles. The number of pyridine rings is 2. The van der Waals surface area contributed by atoms with Crippen molar-refractivity contribution in [3.63, 3.8) is 0 Å². The number of hydrogen-bond acceptors (Lipinski definition) is 6. The van der Waals surface area contributed by atoms with Gasteiger partial charge in [0.2, 0.25) is 0 Å². The van der Waals surface area contributed by atoms with Crippen LogP contribution in [0.3, 0.4) is 0 Å². The maximum atomic E-state index is 11.9. The van der Waals surface area contributed by atoms with E-state index in [4.69, 9.17) is 9.72 Å². The number of ether oxygens (including phenoxy) is 1. The number of rotatable bonds is 4. The van der Waals surface area contributed by atoms with Gasteiger partial charge >= 0.3 is 0 Å². The second-order valence-electron chi connectivity index (χ2n) is 8.08. The van der Waals surface area contributed by atoms with Gasteiger partial charge in [-0.1, -0.05) is 12.1 Å². The van der Waals surface area contributed by atoms with Crippen LogP contribution in [0, 0.1) is 0 Å². The third-order valence-corrected chi connectivity index (χ3v) is 6.95. The molecule has 1 aliphatic heterocycles. The Bertz CT molecular complexity index is 1370. The minimum Gasteiger partial charge on any atom is -0.377 e. The minimum atomic E-state index is -3.26. The van der Waals surface area contributed by atoms with Crippen LogP contribution < -0.4 is 4.90 Å². The van der Waals surface area contributed by atoms with E-state index in [0.29, 0.717) is 18.1 Å². The Morgan fingerprint density at radius 1 is 1.16 bits per heavy atom. The van der Waals surface area contributed by atoms with Crippen LogP contribution in [-0.2, 0) is 14.6 Å². The van der Waals surface area contributed by atoms with Crippen LogP contribution in [0.25, 0.3) is 33.4 Å². The van der Waals surface area contributed by atoms with E-state index in [9.17, 15) is 8.42 Å². The maximum absolute atomic E-state index is 11.9. The molecule has 1 N–H and O–H groups in total. The normalized spacial score (nSPS) is 17.1. The first-order chi connectivity index (χ1) is 15.4. The molecule has 3 aromatic heterocycles. The molecule has 0 unspecified atom stereocenters. The van der Waals surface area contributed by atoms with E-state index in [-0.39, 0.29) is 6.04 Å². The molecule has 0 amide bonds. The molecule has 1 saturated heterocycles. The van der Waals surface area contributed by atoms with Gasteiger partial charge in [-0.15, -0.1) is 0 Å². The zero-order valence-electron chi connectivity index (χ0n) is 17.9. The Morgan fingerprint density at radius 2 is 1.97 bits per heavy atom. The largest absolute Gasteiger partial charge is 0.377 e. The summed E-state index contributed by atoms with van der Waals surface area (Å²) in [6, 6.07) is 15.2. The van der Waals surface area contributed by atoms with Crippen molar-refractivity contribution < 1.29 is 13.2 Å². The number of H-pyrrole nitrogens is 1. The first-order valence-corrected chi connectivity index (χ1v) is 12.4. The molecule has 164 valence electrons. The van der Waals surface area contributed by atoms with E-state index in [2.05, 4.69) is 27.9 Å². The van der Waals surface area contributed by atoms with E-state index in [1.165, 1.54) is 6.26 Å². The quantitative estimate of drug-likeness (QED) is 0.509. The molecule has 4 heterocycles. The summed E-state index contributed by atoms with van der Waals surface area (Å²) in [6.45, 7) is 4.18. The summed E-state index contributed by atoms with van der Waals surface area (Å²) in [6.07, 6.45) is 4.87. The molecule has 0 spiro atoms. The summed E-state index contributed by atoms with van der Waals surface area (Å²) >= 11 is 0. The van der Waals surface area contributed by atoms with Crippen molar-refractivity contribution in [3.8, 4) is 22.5 Å². The van der Waals surface area contributed by atoms with Crippen molar-refractivity contribution in [2.45, 2.75) is 17.9 Å². The lowest BCUT2D eigenvalue weighted by atomic mass is 10.00. The van der Waals surface area contributed by atoms with Crippen LogP contribution in [-0.4, -0.2) is 55.4 Å². The fraction of sp³-hybridized carbons (Fsp3) is 0.250. The van der Waals surface area contributed by atoms with Gasteiger partial charge in [-0.2, -0.15) is 0 Å². The Hall–Kier alpha value is -3.23. The first-order valence-electron chi connectivity index (χ1n) is 10.5. The third-order valence-electron chi connectivity index (χ3n) is 5.82. The summed E-state index contributed by atoms with van der Waals surface area (Å²) in [5, 5.41) is 0.960. The van der Waals surface area contributed by atoms with Crippen molar-refractivity contribution in [1.29, 1.82) is 0 Å². The van der Waals surface area contributed by atoms with Gasteiger partial charge in [0.1, 0.15) is 17.0 Å². The van der Waals surface area contributed by atoms with Gasteiger partial charge < -0.3 is 14.6 Å². The van der Waals surface area contributed by atoms with E-state index >= 15 is 0 Å². The molecule has 32 heavy (non-hydrogen) atoms. The highest BCUT2D eigenvalue weighted by molar-refractivity contribution is 7.90. The number of nitrogens with one attached hydrogen (secondary N) is 1. The van der Waals surface area contributed by atoms with Gasteiger partial charge in [-0.05, 0) is 54.4 Å². The molecule has 1 aromatic carbocycles. The summed E-state index contributed by atoms with van der Waals surface area (Å²) in [5.74, 6) is 0.858. The average molecular weight is 449 g/mol. The van der Waals surface area contributed by atoms with Crippen LogP contribution in [0.4, 0.5) is 5.82 Å². The lowest BCUT2D eigenvalue weighted by molar-refractivity contribution is 0.0986. The molecule has 8 heteroatoms. The van der Waals surface area contributed by atoms with Crippen LogP contribution in [0.2, 0.25) is 0 Å². The monoisotopic (exact) mass is 448 g/mol. The number of anilines is 1. The molecular formula is C24H24N4O3S. The Balaban J connectivity index is 1.75. The van der Waals surface area contributed by atoms with Crippen LogP contribution in [0.15, 0.2) is 65.8 Å². The fourth-order valence-corrected chi connectivity index (χ4v) is 4.78. The average Bonchev–Trinajstić information content (AvgIpc) is 3.32. The predicted molar refractivity (Wildman–Crippen MR) is 125 cm³/mol. The molecular weight excluding hydrogens is 424 g/mol. The van der Waals surface area contributed by atoms with Gasteiger partial charge in [-0.25, -0.2) is 13.4 Å². The van der Waals surface area contributed by atoms with Crippen molar-refractivity contribution in [1.82, 2.24) is 15.0 Å². The van der Waals surface area contributed by atoms with Gasteiger partial charge in [0.05, 0.1) is 29.8 Å². The van der Waals surface area contributed by atoms with Crippen molar-refractivity contribution in [2.75, 3.05) is 30.9 Å². The second-order valence-corrected chi connectivity index (χ2v) is 10.1. The molecule has 0 saturated carbocycles. The molecule has 4 aromatic rings. The molecule has 0 radical (unpaired) electrons. The highest BCUT2D eigenvalue weighted by Gasteiger charge is 2.23. The van der Waals surface area contributed by atoms with E-state index in [1.807, 2.05) is 36.5 Å². The number of aromatic nitrogens is 3. The molecule has 1 fully saturated rings. The van der Waals surface area contributed by atoms with Crippen LogP contribution in [0.1, 0.15) is 6.92 Å². The topological polar surface area (TPSA) is 88.2 Å². The summed E-state index contributed by atoms with van der Waals surface area (Å²) in [4.78, 5) is 15.4. The van der Waals surface area contributed by atoms with Crippen LogP contribution in [0.5, 0.6) is 0 Å². The number of sulfone groups is 1. The number of aromatic amines is 1. The van der Waals surface area contributed by atoms with E-state index in [1.54, 1.807) is 18.3 Å². The Morgan fingerprint density at radius 3 is 2.66 bits per heavy atom. The zero-order valence-corrected chi connectivity index (χ0v) is 18.8. The standard InChI is InChI=1S/C24H24N4O3S/c1-16-15-31-13-12-28(16)22-14-20(17-5-7-18(8-6-17)32(2,29)30)19-9-11-26-24(23(19)27-22)21-4-3-10-25-21/h3-11,14,16,25H,12-13,15H2,1-2H3/t16-/m1/s1. The van der Waals surface area contributed by atoms with Gasteiger partial charge in [0, 0.05) is 30.6 Å². The first kappa shape index (κ1) is 20.7. The SMILES string of the molecule is C[C@@H]1COCCN1c1cc(-c2ccc(S(C)(=O)=O)cc2)c2ccnc(-c3ccc[nH]3)c2n1. The molecule has 1 atom stereocenters. The number of nitrogens with zero attached hydrogens (tertiary/aromatic N) is 3. The molecule has 7 nitrogen and oxygen atoms in total. The Kier molecular flexibility index (Phi) is 5.19. The number of hydrogen-bond donors (Lipinski definition) is 1. The van der Waals surface area contributed by atoms with Crippen LogP contribution >= 0.6 is 0 Å². The Labute approximate surface area is 187 Å². The van der Waals surface area contributed by atoms with E-state index in [0.717, 1.165) is 45.8 Å². The lowest BCUT2D eigenvalue weighted by Gasteiger charge is -2.34. The predicted octanol–water partition coefficient (Wildman–Crippen LogP) is 3.92. The molecule has 1 aliphatic rings. The molecule has 0 bridgehead atoms. The molecule has 5 rings (SSSR count). The highest BCUT2D eigenvalue weighted by Crippen LogP contribution is 2.36. The summed E-state index contributed by atoms with van der Waals surface area (Å²) < 4.78 is 29.5. The van der Waals surface area contributed by atoms with Gasteiger partial charge in [0.15, 0.2) is 9.84 Å². The summed E-state index contributed by atoms with van der Waals surface area (Å²) in [5.41, 5.74) is 4.39. The highest BCUT2D eigenvalue weighted by atomic mass is 32.2. The summed E-state index contributed by atoms with van der Waals surface area (Å²) in [7, 11) is -3.26. The maximum Gasteiger partial charge on any atom is 0.175 e. The fourth-order valence-electron chi connectivity index (χ4n) is 4.15. The second kappa shape index (κ2) is 8.03. The van der Waals surface area contributed by atoms with Crippen molar-refractivity contribution >= 4 is 26.6 Å². The number of benzene rings is 1. The van der Waals surface area contributed by atoms with Gasteiger partial charge in [-0.3, -0.25) is 4.98 Å². The number of morpholine rings is 1. The van der Waals surface area contributed by atoms with Crippen molar-refractivity contribution in [3.05, 3.63) is 60.9 Å². The van der Waals surface area contributed by atoms with Crippen molar-refractivity contribution in [2.24, 2.45) is 0 Å². The third kappa shape index (κ3) is 3.76. The van der Waals surface area contributed by atoms with Gasteiger partial charge in [0.25, 0.3) is 0 Å². The lowest BCUT2D eigenvalue weighted by Crippen LogP contribution is -2.44. The smallest absolute Gasteiger partial charge is 0.175 e. The van der Waals surface area contributed by atoms with E-state index < -0.39 is 9.84 Å². The number of fused-ring (bicyclic) bond motifs is 1.